The third-order valence-corrected chi connectivity index (χ3v) is 11.5. The first-order chi connectivity index (χ1) is 24.9. The SMILES string of the molecule is CCOC(=O)c1c(NC(=O)C(CC)Sc2cccc(NC(=O)/C(=C\c3ccc(F)cc3)NC(=O)c3ccccc3)c2)sc2c1CCC(C(C)(C)C)C2. The van der Waals surface area contributed by atoms with Crippen molar-refractivity contribution in [2.24, 2.45) is 11.3 Å². The summed E-state index contributed by atoms with van der Waals surface area (Å²) in [4.78, 5) is 55.4. The molecule has 1 aliphatic rings. The van der Waals surface area contributed by atoms with Crippen LogP contribution in [0, 0.1) is 17.2 Å². The van der Waals surface area contributed by atoms with E-state index < -0.39 is 28.9 Å². The van der Waals surface area contributed by atoms with Crippen molar-refractivity contribution in [3.05, 3.63) is 118 Å². The Kier molecular flexibility index (Phi) is 12.7. The molecular formula is C41H44FN3O5S2. The van der Waals surface area contributed by atoms with Crippen molar-refractivity contribution in [3.63, 3.8) is 0 Å². The summed E-state index contributed by atoms with van der Waals surface area (Å²) < 4.78 is 19.0. The van der Waals surface area contributed by atoms with Gasteiger partial charge in [-0.15, -0.1) is 23.1 Å². The highest BCUT2D eigenvalue weighted by Gasteiger charge is 2.35. The molecule has 3 N–H and O–H groups in total. The summed E-state index contributed by atoms with van der Waals surface area (Å²) in [6, 6.07) is 21.2. The quantitative estimate of drug-likeness (QED) is 0.0759. The van der Waals surface area contributed by atoms with E-state index in [9.17, 15) is 23.6 Å². The highest BCUT2D eigenvalue weighted by Crippen LogP contribution is 2.45. The van der Waals surface area contributed by atoms with Gasteiger partial charge >= 0.3 is 5.97 Å². The number of ether oxygens (including phenoxy) is 1. The van der Waals surface area contributed by atoms with Gasteiger partial charge in [-0.05, 0) is 104 Å². The molecule has 0 spiro atoms. The number of thiophene rings is 1. The molecule has 0 saturated carbocycles. The average Bonchev–Trinajstić information content (AvgIpc) is 3.48. The van der Waals surface area contributed by atoms with Gasteiger partial charge in [0.05, 0.1) is 17.4 Å². The molecule has 272 valence electrons. The lowest BCUT2D eigenvalue weighted by Crippen LogP contribution is -2.30. The van der Waals surface area contributed by atoms with Crippen LogP contribution in [-0.2, 0) is 27.2 Å². The molecule has 0 saturated heterocycles. The molecule has 2 atom stereocenters. The van der Waals surface area contributed by atoms with Crippen molar-refractivity contribution in [3.8, 4) is 0 Å². The zero-order valence-electron chi connectivity index (χ0n) is 30.0. The highest BCUT2D eigenvalue weighted by molar-refractivity contribution is 8.00. The minimum Gasteiger partial charge on any atom is -0.462 e. The first kappa shape index (κ1) is 38.5. The van der Waals surface area contributed by atoms with Crippen molar-refractivity contribution >= 4 is 63.6 Å². The van der Waals surface area contributed by atoms with Crippen molar-refractivity contribution in [2.75, 3.05) is 17.2 Å². The van der Waals surface area contributed by atoms with Crippen LogP contribution in [0.25, 0.3) is 6.08 Å². The molecule has 2 unspecified atom stereocenters. The number of hydrogen-bond acceptors (Lipinski definition) is 7. The Balaban J connectivity index is 1.32. The number of thioether (sulfide) groups is 1. The van der Waals surface area contributed by atoms with Gasteiger partial charge in [-0.1, -0.05) is 64.1 Å². The van der Waals surface area contributed by atoms with Gasteiger partial charge in [0.2, 0.25) is 5.91 Å². The first-order valence-corrected chi connectivity index (χ1v) is 19.1. The van der Waals surface area contributed by atoms with Gasteiger partial charge in [0, 0.05) is 21.0 Å². The maximum absolute atomic E-state index is 13.8. The smallest absolute Gasteiger partial charge is 0.341 e. The Hall–Kier alpha value is -4.74. The standard InChI is InChI=1S/C41H44FN3O5S2/c1-6-33(38(48)45-39-35(40(49)50-7-2)31-21-18-27(41(3,4)5)23-34(31)52-39)51-30-15-11-14-29(24-30)43-37(47)32(22-25-16-19-28(42)20-17-25)44-36(46)26-12-9-8-10-13-26/h8-17,19-20,22,24,27,33H,6-7,18,21,23H2,1-5H3,(H,43,47)(H,44,46)(H,45,48)/b32-22+. The van der Waals surface area contributed by atoms with Crippen LogP contribution < -0.4 is 16.0 Å². The van der Waals surface area contributed by atoms with Crippen molar-refractivity contribution in [1.82, 2.24) is 5.32 Å². The fourth-order valence-corrected chi connectivity index (χ4v) is 8.36. The summed E-state index contributed by atoms with van der Waals surface area (Å²) in [5, 5.41) is 8.63. The van der Waals surface area contributed by atoms with Crippen LogP contribution in [0.15, 0.2) is 89.5 Å². The van der Waals surface area contributed by atoms with Crippen LogP contribution in [0.3, 0.4) is 0 Å². The molecule has 52 heavy (non-hydrogen) atoms. The minimum absolute atomic E-state index is 0.0331. The summed E-state index contributed by atoms with van der Waals surface area (Å²) in [6.07, 6.45) is 4.57. The van der Waals surface area contributed by atoms with Crippen molar-refractivity contribution < 1.29 is 28.3 Å². The van der Waals surface area contributed by atoms with Crippen LogP contribution in [0.1, 0.15) is 84.2 Å². The Morgan fingerprint density at radius 1 is 0.981 bits per heavy atom. The number of halogens is 1. The van der Waals surface area contributed by atoms with E-state index in [2.05, 4.69) is 36.7 Å². The summed E-state index contributed by atoms with van der Waals surface area (Å²) in [5.41, 5.74) is 2.89. The summed E-state index contributed by atoms with van der Waals surface area (Å²) in [6.45, 7) is 10.6. The normalized spacial score (nSPS) is 14.9. The Bertz CT molecular complexity index is 1950. The Labute approximate surface area is 312 Å². The average molecular weight is 742 g/mol. The van der Waals surface area contributed by atoms with E-state index in [1.54, 1.807) is 55.5 Å². The molecule has 0 aliphatic heterocycles. The van der Waals surface area contributed by atoms with Crippen LogP contribution in [0.2, 0.25) is 0 Å². The number of carbonyl (C=O) groups is 4. The first-order valence-electron chi connectivity index (χ1n) is 17.4. The number of rotatable bonds is 12. The summed E-state index contributed by atoms with van der Waals surface area (Å²) in [5.74, 6) is -1.65. The molecule has 1 aliphatic carbocycles. The van der Waals surface area contributed by atoms with Gasteiger partial charge in [-0.3, -0.25) is 14.4 Å². The van der Waals surface area contributed by atoms with E-state index in [-0.39, 0.29) is 23.6 Å². The second-order valence-electron chi connectivity index (χ2n) is 13.6. The molecule has 3 aromatic carbocycles. The number of benzene rings is 3. The lowest BCUT2D eigenvalue weighted by atomic mass is 9.72. The second kappa shape index (κ2) is 17.2. The maximum atomic E-state index is 13.8. The lowest BCUT2D eigenvalue weighted by Gasteiger charge is -2.33. The zero-order chi connectivity index (χ0) is 37.4. The molecule has 5 rings (SSSR count). The predicted octanol–water partition coefficient (Wildman–Crippen LogP) is 9.13. The van der Waals surface area contributed by atoms with E-state index in [0.717, 1.165) is 34.6 Å². The molecule has 0 fully saturated rings. The van der Waals surface area contributed by atoms with Gasteiger partial charge in [0.15, 0.2) is 0 Å². The number of esters is 1. The predicted molar refractivity (Wildman–Crippen MR) is 207 cm³/mol. The number of nitrogens with one attached hydrogen (secondary N) is 3. The van der Waals surface area contributed by atoms with Gasteiger partial charge in [0.25, 0.3) is 11.8 Å². The zero-order valence-corrected chi connectivity index (χ0v) is 31.6. The maximum Gasteiger partial charge on any atom is 0.341 e. The fourth-order valence-electron chi connectivity index (χ4n) is 6.02. The summed E-state index contributed by atoms with van der Waals surface area (Å²) >= 11 is 2.82. The van der Waals surface area contributed by atoms with Crippen molar-refractivity contribution in [2.45, 2.75) is 70.4 Å². The lowest BCUT2D eigenvalue weighted by molar-refractivity contribution is -0.116. The van der Waals surface area contributed by atoms with E-state index in [0.29, 0.717) is 39.7 Å². The van der Waals surface area contributed by atoms with E-state index in [4.69, 9.17) is 4.74 Å². The minimum atomic E-state index is -0.581. The highest BCUT2D eigenvalue weighted by atomic mass is 32.2. The molecule has 0 bridgehead atoms. The molecule has 0 radical (unpaired) electrons. The molecule has 8 nitrogen and oxygen atoms in total. The third kappa shape index (κ3) is 9.77. The summed E-state index contributed by atoms with van der Waals surface area (Å²) in [7, 11) is 0. The fraction of sp³-hybridized carbons (Fsp3) is 0.317. The molecular weight excluding hydrogens is 698 g/mol. The van der Waals surface area contributed by atoms with Crippen LogP contribution in [0.5, 0.6) is 0 Å². The topological polar surface area (TPSA) is 114 Å². The number of amides is 3. The van der Waals surface area contributed by atoms with Crippen LogP contribution in [0.4, 0.5) is 15.1 Å². The molecule has 1 heterocycles. The Morgan fingerprint density at radius 2 is 1.71 bits per heavy atom. The van der Waals surface area contributed by atoms with Gasteiger partial charge in [-0.25, -0.2) is 9.18 Å². The Morgan fingerprint density at radius 3 is 2.38 bits per heavy atom. The third-order valence-electron chi connectivity index (χ3n) is 8.95. The second-order valence-corrected chi connectivity index (χ2v) is 16.0. The molecule has 4 aromatic rings. The monoisotopic (exact) mass is 741 g/mol. The van der Waals surface area contributed by atoms with Crippen molar-refractivity contribution in [1.29, 1.82) is 0 Å². The largest absolute Gasteiger partial charge is 0.462 e. The van der Waals surface area contributed by atoms with Gasteiger partial charge in [0.1, 0.15) is 16.5 Å². The molecule has 11 heteroatoms. The van der Waals surface area contributed by atoms with Gasteiger partial charge < -0.3 is 20.7 Å². The number of hydrogen-bond donors (Lipinski definition) is 3. The van der Waals surface area contributed by atoms with Crippen LogP contribution in [-0.4, -0.2) is 35.5 Å². The number of carbonyl (C=O) groups excluding carboxylic acids is 4. The molecule has 1 aromatic heterocycles. The van der Waals surface area contributed by atoms with E-state index in [1.807, 2.05) is 13.0 Å². The van der Waals surface area contributed by atoms with E-state index in [1.165, 1.54) is 53.4 Å². The van der Waals surface area contributed by atoms with Gasteiger partial charge in [-0.2, -0.15) is 0 Å². The number of anilines is 2. The number of fused-ring (bicyclic) bond motifs is 1. The van der Waals surface area contributed by atoms with E-state index >= 15 is 0 Å². The van der Waals surface area contributed by atoms with Crippen LogP contribution >= 0.6 is 23.1 Å². The molecule has 3 amide bonds.